The van der Waals surface area contributed by atoms with Gasteiger partial charge in [-0.1, -0.05) is 0 Å². The number of anilines is 1. The summed E-state index contributed by atoms with van der Waals surface area (Å²) < 4.78 is 4.73. The maximum absolute atomic E-state index is 10.3. The molecule has 0 spiro atoms. The Balaban J connectivity index is 2.55. The number of hydrogen-bond acceptors (Lipinski definition) is 1. The van der Waals surface area contributed by atoms with Crippen molar-refractivity contribution >= 4 is 74.3 Å². The molecule has 2 rings (SSSR count). The molecule has 1 aromatic carbocycles. The fourth-order valence-corrected chi connectivity index (χ4v) is 6.08. The van der Waals surface area contributed by atoms with Gasteiger partial charge in [0.15, 0.2) is 0 Å². The first-order valence-corrected chi connectivity index (χ1v) is 11.0. The molecule has 0 unspecified atom stereocenters. The number of fused-ring (bicyclic) bond motifs is 1. The molecule has 1 aromatic heterocycles. The summed E-state index contributed by atoms with van der Waals surface area (Å²) >= 11 is 3.08. The van der Waals surface area contributed by atoms with Crippen molar-refractivity contribution in [2.75, 3.05) is 5.32 Å². The van der Waals surface area contributed by atoms with Gasteiger partial charge in [-0.2, -0.15) is 0 Å². The number of nitrogens with one attached hydrogen (secondary N) is 1. The molecule has 0 saturated heterocycles. The molecule has 0 saturated carbocycles. The van der Waals surface area contributed by atoms with E-state index >= 15 is 0 Å². The molecule has 0 atom stereocenters. The predicted molar refractivity (Wildman–Crippen MR) is 109 cm³/mol. The van der Waals surface area contributed by atoms with Crippen LogP contribution in [0.15, 0.2) is 12.1 Å². The van der Waals surface area contributed by atoms with Crippen LogP contribution >= 0.6 is 22.6 Å². The van der Waals surface area contributed by atoms with Crippen molar-refractivity contribution in [2.24, 2.45) is 5.41 Å². The molecular weight excluding hydrogens is 592 g/mol. The van der Waals surface area contributed by atoms with Crippen LogP contribution in [0.2, 0.25) is 0 Å². The summed E-state index contributed by atoms with van der Waals surface area (Å²) in [6.07, 6.45) is 0.591. The summed E-state index contributed by atoms with van der Waals surface area (Å²) in [5.74, 6) is 0.989. The van der Waals surface area contributed by atoms with E-state index in [1.165, 1.54) is 6.69 Å². The Labute approximate surface area is 168 Å². The van der Waals surface area contributed by atoms with Crippen molar-refractivity contribution in [3.8, 4) is 0 Å². The Morgan fingerprint density at radius 2 is 1.87 bits per heavy atom. The van der Waals surface area contributed by atoms with Crippen LogP contribution < -0.4 is 8.44 Å². The third-order valence-electron chi connectivity index (χ3n) is 3.38. The number of rotatable bonds is 2. The Kier molecular flexibility index (Phi) is 5.50. The summed E-state index contributed by atoms with van der Waals surface area (Å²) in [6.45, 7) is 12.8. The number of nitrogens with zero attached hydrogens (tertiary/aromatic N) is 3. The standard InChI is InChI=1S/C17H23IN4.Tl/c1-16(2,3)10-14(19)21-15-20-12-8-7-11(18)9-13(12)22(15)17(4,5)6;/h7,9H,10H2,1-6H3,(H-,19,20,21);/q-1;. The van der Waals surface area contributed by atoms with Crippen molar-refractivity contribution in [2.45, 2.75) is 53.5 Å². The van der Waals surface area contributed by atoms with Crippen molar-refractivity contribution in [3.63, 3.8) is 0 Å². The quantitative estimate of drug-likeness (QED) is 0.241. The SMILES string of the molecule is CC(C)(C)CC(=[N-])Nc1nc2[c]([Tl])cc(I)cc2n1C(C)(C)C. The topological polar surface area (TPSA) is 52.1 Å². The molecule has 23 heavy (non-hydrogen) atoms. The van der Waals surface area contributed by atoms with Gasteiger partial charge in [-0.3, -0.25) is 0 Å². The van der Waals surface area contributed by atoms with E-state index in [2.05, 4.69) is 86.1 Å². The summed E-state index contributed by atoms with van der Waals surface area (Å²) in [5, 5.41) is 13.5. The van der Waals surface area contributed by atoms with E-state index in [0.29, 0.717) is 6.42 Å². The molecule has 6 heteroatoms. The molecule has 1 N–H and O–H groups in total. The van der Waals surface area contributed by atoms with Gasteiger partial charge >= 0.3 is 169 Å². The van der Waals surface area contributed by atoms with E-state index in [4.69, 9.17) is 4.98 Å². The van der Waals surface area contributed by atoms with Crippen LogP contribution in [0, 0.1) is 8.99 Å². The normalized spacial score (nSPS) is 12.6. The van der Waals surface area contributed by atoms with E-state index in [-0.39, 0.29) is 16.8 Å². The molecule has 0 bridgehead atoms. The average Bonchev–Trinajstić information content (AvgIpc) is 2.63. The Bertz CT molecular complexity index is 751. The van der Waals surface area contributed by atoms with Gasteiger partial charge in [0.2, 0.25) is 0 Å². The number of amidine groups is 1. The number of aromatic nitrogens is 2. The fraction of sp³-hybridized carbons (Fsp3) is 0.529. The predicted octanol–water partition coefficient (Wildman–Crippen LogP) is 4.01. The van der Waals surface area contributed by atoms with Crippen LogP contribution in [0.4, 0.5) is 5.95 Å². The number of imidazole rings is 1. The molecule has 0 aliphatic carbocycles. The molecule has 0 radical (unpaired) electrons. The molecule has 2 aromatic rings. The van der Waals surface area contributed by atoms with E-state index in [9.17, 15) is 5.41 Å². The Morgan fingerprint density at radius 1 is 1.26 bits per heavy atom. The van der Waals surface area contributed by atoms with Crippen LogP contribution in [0.5, 0.6) is 0 Å². The first-order valence-electron chi connectivity index (χ1n) is 7.68. The molecule has 4 nitrogen and oxygen atoms in total. The van der Waals surface area contributed by atoms with Crippen molar-refractivity contribution < 1.29 is 0 Å². The van der Waals surface area contributed by atoms with Crippen LogP contribution in [0.1, 0.15) is 48.0 Å². The van der Waals surface area contributed by atoms with E-state index in [1.807, 2.05) is 0 Å². The summed E-state index contributed by atoms with van der Waals surface area (Å²) in [7, 11) is 0. The van der Waals surface area contributed by atoms with Crippen LogP contribution in [0.3, 0.4) is 0 Å². The molecule has 1 heterocycles. The van der Waals surface area contributed by atoms with Gasteiger partial charge in [-0.25, -0.2) is 0 Å². The molecular formula is C17H23IN4Tl-. The van der Waals surface area contributed by atoms with E-state index in [0.717, 1.165) is 42.7 Å². The van der Waals surface area contributed by atoms with Crippen molar-refractivity contribution in [1.29, 1.82) is 0 Å². The number of hydrogen-bond donors (Lipinski definition) is 1. The first kappa shape index (κ1) is 19.1. The van der Waals surface area contributed by atoms with Crippen LogP contribution in [0.25, 0.3) is 16.4 Å². The number of benzene rings is 1. The second-order valence-electron chi connectivity index (χ2n) is 8.11. The zero-order chi connectivity index (χ0) is 17.6. The second kappa shape index (κ2) is 6.61. The van der Waals surface area contributed by atoms with Gasteiger partial charge in [0.25, 0.3) is 0 Å². The average molecular weight is 615 g/mol. The van der Waals surface area contributed by atoms with Gasteiger partial charge < -0.3 is 0 Å². The van der Waals surface area contributed by atoms with Crippen LogP contribution in [-0.2, 0) is 5.54 Å². The van der Waals surface area contributed by atoms with Gasteiger partial charge in [0.05, 0.1) is 0 Å². The van der Waals surface area contributed by atoms with Gasteiger partial charge in [-0.15, -0.1) is 0 Å². The zero-order valence-electron chi connectivity index (χ0n) is 14.7. The van der Waals surface area contributed by atoms with Gasteiger partial charge in [-0.05, 0) is 0 Å². The van der Waals surface area contributed by atoms with E-state index < -0.39 is 0 Å². The van der Waals surface area contributed by atoms with E-state index in [1.54, 1.807) is 0 Å². The Hall–Kier alpha value is -0.188. The number of halogens is 1. The van der Waals surface area contributed by atoms with Crippen molar-refractivity contribution in [3.05, 3.63) is 21.1 Å². The zero-order valence-corrected chi connectivity index (χ0v) is 21.3. The minimum atomic E-state index is -0.124. The summed E-state index contributed by atoms with van der Waals surface area (Å²) in [5.41, 5.74) is 2.08. The molecule has 0 fully saturated rings. The fourth-order valence-electron chi connectivity index (χ4n) is 2.61. The maximum atomic E-state index is 10.3. The van der Waals surface area contributed by atoms with Gasteiger partial charge in [0, 0.05) is 0 Å². The summed E-state index contributed by atoms with van der Waals surface area (Å²) in [6, 6.07) is 4.38. The molecule has 0 aliphatic heterocycles. The van der Waals surface area contributed by atoms with Crippen molar-refractivity contribution in [1.82, 2.24) is 9.55 Å². The molecule has 0 aliphatic rings. The minimum absolute atomic E-state index is 0.0231. The second-order valence-corrected chi connectivity index (χ2v) is 11.8. The third kappa shape index (κ3) is 4.67. The summed E-state index contributed by atoms with van der Waals surface area (Å²) in [4.78, 5) is 4.80. The van der Waals surface area contributed by atoms with Crippen LogP contribution in [-0.4, -0.2) is 41.2 Å². The van der Waals surface area contributed by atoms with Gasteiger partial charge in [0.1, 0.15) is 0 Å². The third-order valence-corrected chi connectivity index (χ3v) is 5.71. The first-order chi connectivity index (χ1) is 10.4. The molecule has 122 valence electrons. The molecule has 0 amide bonds. The Morgan fingerprint density at radius 3 is 2.39 bits per heavy atom. The monoisotopic (exact) mass is 615 g/mol.